The highest BCUT2D eigenvalue weighted by atomic mass is 16.6. The maximum absolute atomic E-state index is 11.9. The summed E-state index contributed by atoms with van der Waals surface area (Å²) >= 11 is 0. The van der Waals surface area contributed by atoms with Crippen molar-refractivity contribution in [2.45, 2.75) is 32.8 Å². The number of carbonyl (C=O) groups excluding carboxylic acids is 1. The fourth-order valence-electron chi connectivity index (χ4n) is 2.08. The zero-order valence-corrected chi connectivity index (χ0v) is 11.2. The molecule has 0 N–H and O–H groups in total. The van der Waals surface area contributed by atoms with Crippen LogP contribution in [-0.2, 0) is 11.2 Å². The van der Waals surface area contributed by atoms with E-state index in [1.165, 1.54) is 7.11 Å². The molecule has 0 saturated carbocycles. The second-order valence-electron chi connectivity index (χ2n) is 4.52. The Balaban J connectivity index is 2.47. The van der Waals surface area contributed by atoms with Crippen molar-refractivity contribution in [3.8, 4) is 5.75 Å². The Bertz CT molecular complexity index is 540. The van der Waals surface area contributed by atoms with Gasteiger partial charge < -0.3 is 14.7 Å². The molecule has 1 aliphatic heterocycles. The first-order chi connectivity index (χ1) is 9.02. The first kappa shape index (κ1) is 13.3. The van der Waals surface area contributed by atoms with Crippen LogP contribution < -0.4 is 4.74 Å². The van der Waals surface area contributed by atoms with E-state index >= 15 is 0 Å². The van der Waals surface area contributed by atoms with E-state index in [-0.39, 0.29) is 16.7 Å². The Hall–Kier alpha value is -2.11. The minimum absolute atomic E-state index is 0.0413. The van der Waals surface area contributed by atoms with Crippen molar-refractivity contribution in [3.63, 3.8) is 0 Å². The number of rotatable bonds is 1. The third-order valence-electron chi connectivity index (χ3n) is 3.15. The summed E-state index contributed by atoms with van der Waals surface area (Å²) in [6, 6.07) is 3.43. The van der Waals surface area contributed by atoms with Crippen LogP contribution in [0.15, 0.2) is 17.2 Å². The molecule has 1 atom stereocenters. The molecule has 0 bridgehead atoms. The van der Waals surface area contributed by atoms with E-state index in [1.54, 1.807) is 6.07 Å². The lowest BCUT2D eigenvalue weighted by molar-refractivity contribution is -0.436. The molecule has 1 heterocycles. The molecule has 1 aliphatic rings. The van der Waals surface area contributed by atoms with Crippen LogP contribution in [0.4, 0.5) is 10.5 Å². The molecule has 6 nitrogen and oxygen atoms in total. The Morgan fingerprint density at radius 2 is 2.32 bits per heavy atom. The van der Waals surface area contributed by atoms with Crippen LogP contribution in [0.3, 0.4) is 0 Å². The van der Waals surface area contributed by atoms with Crippen molar-refractivity contribution in [3.05, 3.63) is 28.5 Å². The Labute approximate surface area is 111 Å². The lowest BCUT2D eigenvalue weighted by Crippen LogP contribution is -2.20. The van der Waals surface area contributed by atoms with Crippen molar-refractivity contribution in [1.29, 1.82) is 0 Å². The Morgan fingerprint density at radius 3 is 3.00 bits per heavy atom. The van der Waals surface area contributed by atoms with Gasteiger partial charge in [0.25, 0.3) is 5.69 Å². The zero-order valence-electron chi connectivity index (χ0n) is 11.2. The van der Waals surface area contributed by atoms with E-state index < -0.39 is 6.09 Å². The molecule has 6 heteroatoms. The van der Waals surface area contributed by atoms with Crippen LogP contribution in [0.1, 0.15) is 24.5 Å². The summed E-state index contributed by atoms with van der Waals surface area (Å²) in [4.78, 5) is 11.3. The number of azo groups is 1. The SMILES string of the molecule is COC(=O)/N=[N+](\[O-])c1ccc(C)c2c1OC(C)CC2. The van der Waals surface area contributed by atoms with Crippen LogP contribution in [-0.4, -0.2) is 24.2 Å². The van der Waals surface area contributed by atoms with Gasteiger partial charge in [0.15, 0.2) is 5.75 Å². The van der Waals surface area contributed by atoms with Gasteiger partial charge in [0, 0.05) is 11.6 Å². The van der Waals surface area contributed by atoms with Crippen LogP contribution >= 0.6 is 0 Å². The fraction of sp³-hybridized carbons (Fsp3) is 0.462. The van der Waals surface area contributed by atoms with Gasteiger partial charge in [-0.1, -0.05) is 6.07 Å². The molecule has 1 amide bonds. The summed E-state index contributed by atoms with van der Waals surface area (Å²) in [6.07, 6.45) is 0.861. The standard InChI is InChI=1S/C13H16N2O4/c1-8-4-7-11(15(17)14-13(16)18-3)12-10(8)6-5-9(2)19-12/h4,7,9H,5-6H2,1-3H3/b15-14-. The summed E-state index contributed by atoms with van der Waals surface area (Å²) < 4.78 is 10.1. The number of amides is 1. The first-order valence-corrected chi connectivity index (χ1v) is 6.09. The minimum atomic E-state index is -0.937. The van der Waals surface area contributed by atoms with Crippen LogP contribution in [0, 0.1) is 12.1 Å². The van der Waals surface area contributed by atoms with Gasteiger partial charge in [0.2, 0.25) is 0 Å². The normalized spacial score (nSPS) is 18.5. The molecule has 2 rings (SSSR count). The maximum Gasteiger partial charge on any atom is 0.491 e. The highest BCUT2D eigenvalue weighted by molar-refractivity contribution is 5.67. The Kier molecular flexibility index (Phi) is 3.69. The number of fused-ring (bicyclic) bond motifs is 1. The van der Waals surface area contributed by atoms with E-state index in [9.17, 15) is 10.0 Å². The van der Waals surface area contributed by atoms with E-state index in [4.69, 9.17) is 4.74 Å². The van der Waals surface area contributed by atoms with E-state index in [0.29, 0.717) is 5.75 Å². The third-order valence-corrected chi connectivity index (χ3v) is 3.15. The third kappa shape index (κ3) is 2.67. The van der Waals surface area contributed by atoms with Gasteiger partial charge in [-0.05, 0) is 37.1 Å². The topological polar surface area (TPSA) is 74.0 Å². The van der Waals surface area contributed by atoms with Crippen molar-refractivity contribution in [2.24, 2.45) is 5.11 Å². The molecular formula is C13H16N2O4. The minimum Gasteiger partial charge on any atom is -0.594 e. The second kappa shape index (κ2) is 5.26. The monoisotopic (exact) mass is 264 g/mol. The predicted octanol–water partition coefficient (Wildman–Crippen LogP) is 3.07. The number of nitrogens with zero attached hydrogens (tertiary/aromatic N) is 2. The van der Waals surface area contributed by atoms with Crippen molar-refractivity contribution in [2.75, 3.05) is 7.11 Å². The average molecular weight is 264 g/mol. The average Bonchev–Trinajstić information content (AvgIpc) is 2.38. The lowest BCUT2D eigenvalue weighted by Gasteiger charge is -2.24. The number of methoxy groups -OCH3 is 1. The molecule has 1 aromatic rings. The lowest BCUT2D eigenvalue weighted by atomic mass is 9.97. The highest BCUT2D eigenvalue weighted by Gasteiger charge is 2.26. The van der Waals surface area contributed by atoms with Crippen molar-refractivity contribution >= 4 is 11.8 Å². The van der Waals surface area contributed by atoms with Crippen LogP contribution in [0.25, 0.3) is 0 Å². The van der Waals surface area contributed by atoms with Gasteiger partial charge in [-0.2, -0.15) is 0 Å². The number of benzene rings is 1. The van der Waals surface area contributed by atoms with Gasteiger partial charge in [0.05, 0.1) is 13.2 Å². The van der Waals surface area contributed by atoms with Crippen molar-refractivity contribution < 1.29 is 19.1 Å². The molecule has 0 radical (unpaired) electrons. The highest BCUT2D eigenvalue weighted by Crippen LogP contribution is 2.38. The molecule has 1 unspecified atom stereocenters. The maximum atomic E-state index is 11.9. The Morgan fingerprint density at radius 1 is 1.58 bits per heavy atom. The quantitative estimate of drug-likeness (QED) is 0.444. The van der Waals surface area contributed by atoms with Gasteiger partial charge in [-0.15, -0.1) is 0 Å². The molecule has 0 spiro atoms. The molecule has 19 heavy (non-hydrogen) atoms. The largest absolute Gasteiger partial charge is 0.594 e. The molecule has 0 aromatic heterocycles. The second-order valence-corrected chi connectivity index (χ2v) is 4.52. The summed E-state index contributed by atoms with van der Waals surface area (Å²) in [6.45, 7) is 3.91. The van der Waals surface area contributed by atoms with E-state index in [0.717, 1.165) is 24.0 Å². The number of hydrogen-bond donors (Lipinski definition) is 0. The smallest absolute Gasteiger partial charge is 0.491 e. The van der Waals surface area contributed by atoms with Gasteiger partial charge >= 0.3 is 6.09 Å². The molecule has 0 aliphatic carbocycles. The van der Waals surface area contributed by atoms with Gasteiger partial charge in [-0.25, -0.2) is 4.79 Å². The number of hydrogen-bond acceptors (Lipinski definition) is 4. The molecule has 0 fully saturated rings. The van der Waals surface area contributed by atoms with Gasteiger partial charge in [-0.3, -0.25) is 0 Å². The fourth-order valence-corrected chi connectivity index (χ4v) is 2.08. The number of aryl methyl sites for hydroxylation is 1. The van der Waals surface area contributed by atoms with Crippen LogP contribution in [0.2, 0.25) is 0 Å². The molecule has 102 valence electrons. The first-order valence-electron chi connectivity index (χ1n) is 6.09. The predicted molar refractivity (Wildman–Crippen MR) is 67.7 cm³/mol. The van der Waals surface area contributed by atoms with Gasteiger partial charge in [0.1, 0.15) is 5.11 Å². The summed E-state index contributed by atoms with van der Waals surface area (Å²) in [5, 5.41) is 15.1. The van der Waals surface area contributed by atoms with Crippen LogP contribution in [0.5, 0.6) is 5.75 Å². The number of carbonyl (C=O) groups is 1. The van der Waals surface area contributed by atoms with E-state index in [2.05, 4.69) is 9.85 Å². The molecule has 0 saturated heterocycles. The van der Waals surface area contributed by atoms with E-state index in [1.807, 2.05) is 19.9 Å². The summed E-state index contributed by atoms with van der Waals surface area (Å²) in [5.41, 5.74) is 2.30. The zero-order chi connectivity index (χ0) is 14.0. The summed E-state index contributed by atoms with van der Waals surface area (Å²) in [7, 11) is 1.17. The number of ether oxygens (including phenoxy) is 2. The molecular weight excluding hydrogens is 248 g/mol. The summed E-state index contributed by atoms with van der Waals surface area (Å²) in [5.74, 6) is 0.515. The van der Waals surface area contributed by atoms with Crippen molar-refractivity contribution in [1.82, 2.24) is 0 Å². The molecule has 1 aromatic carbocycles.